The fourth-order valence-electron chi connectivity index (χ4n) is 2.29. The van der Waals surface area contributed by atoms with Gasteiger partial charge in [-0.2, -0.15) is 11.8 Å². The second-order valence-electron chi connectivity index (χ2n) is 4.78. The molecule has 0 bridgehead atoms. The standard InChI is InChI=1S/C17H23NOS/c1-3-18-17(13-20-11-10-19-2)16-9-8-14-6-4-5-7-15(14)12-16/h4-9,12,17-18H,3,10-11,13H2,1-2H3. The summed E-state index contributed by atoms with van der Waals surface area (Å²) in [5.41, 5.74) is 1.37. The first-order valence-electron chi connectivity index (χ1n) is 7.14. The summed E-state index contributed by atoms with van der Waals surface area (Å²) >= 11 is 1.94. The molecule has 0 amide bonds. The Hall–Kier alpha value is -1.03. The Kier molecular flexibility index (Phi) is 6.37. The molecule has 2 rings (SSSR count). The van der Waals surface area contributed by atoms with Gasteiger partial charge in [-0.15, -0.1) is 0 Å². The van der Waals surface area contributed by atoms with Crippen LogP contribution >= 0.6 is 11.8 Å². The lowest BCUT2D eigenvalue weighted by atomic mass is 10.0. The largest absolute Gasteiger partial charge is 0.384 e. The van der Waals surface area contributed by atoms with Crippen molar-refractivity contribution in [1.29, 1.82) is 0 Å². The molecule has 0 radical (unpaired) electrons. The average molecular weight is 289 g/mol. The van der Waals surface area contributed by atoms with Gasteiger partial charge >= 0.3 is 0 Å². The number of methoxy groups -OCH3 is 1. The van der Waals surface area contributed by atoms with E-state index >= 15 is 0 Å². The summed E-state index contributed by atoms with van der Waals surface area (Å²) in [6.07, 6.45) is 0. The highest BCUT2D eigenvalue weighted by Gasteiger charge is 2.10. The molecule has 1 unspecified atom stereocenters. The Morgan fingerprint density at radius 2 is 1.95 bits per heavy atom. The van der Waals surface area contributed by atoms with Gasteiger partial charge in [-0.1, -0.05) is 43.3 Å². The van der Waals surface area contributed by atoms with Gasteiger partial charge < -0.3 is 10.1 Å². The third-order valence-electron chi connectivity index (χ3n) is 3.34. The van der Waals surface area contributed by atoms with Gasteiger partial charge in [-0.05, 0) is 28.9 Å². The number of hydrogen-bond acceptors (Lipinski definition) is 3. The summed E-state index contributed by atoms with van der Waals surface area (Å²) in [5.74, 6) is 2.13. The van der Waals surface area contributed by atoms with Crippen LogP contribution in [0.1, 0.15) is 18.5 Å². The molecule has 0 aromatic heterocycles. The molecule has 2 aromatic carbocycles. The predicted molar refractivity (Wildman–Crippen MR) is 89.6 cm³/mol. The first kappa shape index (κ1) is 15.4. The van der Waals surface area contributed by atoms with E-state index < -0.39 is 0 Å². The van der Waals surface area contributed by atoms with Crippen LogP contribution in [0.4, 0.5) is 0 Å². The van der Waals surface area contributed by atoms with Crippen molar-refractivity contribution >= 4 is 22.5 Å². The van der Waals surface area contributed by atoms with Crippen molar-refractivity contribution in [1.82, 2.24) is 5.32 Å². The zero-order valence-corrected chi connectivity index (χ0v) is 13.1. The molecule has 2 nitrogen and oxygen atoms in total. The average Bonchev–Trinajstić information content (AvgIpc) is 2.50. The lowest BCUT2D eigenvalue weighted by Gasteiger charge is -2.18. The van der Waals surface area contributed by atoms with Crippen LogP contribution in [0.3, 0.4) is 0 Å². The highest BCUT2D eigenvalue weighted by molar-refractivity contribution is 7.99. The maximum atomic E-state index is 5.11. The van der Waals surface area contributed by atoms with Crippen molar-refractivity contribution in [2.45, 2.75) is 13.0 Å². The molecule has 1 N–H and O–H groups in total. The van der Waals surface area contributed by atoms with Crippen LogP contribution in [-0.4, -0.2) is 31.8 Å². The van der Waals surface area contributed by atoms with Crippen molar-refractivity contribution in [2.24, 2.45) is 0 Å². The van der Waals surface area contributed by atoms with E-state index in [1.54, 1.807) is 7.11 Å². The van der Waals surface area contributed by atoms with Crippen molar-refractivity contribution in [3.8, 4) is 0 Å². The van der Waals surface area contributed by atoms with Crippen molar-refractivity contribution in [3.05, 3.63) is 48.0 Å². The van der Waals surface area contributed by atoms with Crippen molar-refractivity contribution in [3.63, 3.8) is 0 Å². The fourth-order valence-corrected chi connectivity index (χ4v) is 3.28. The Morgan fingerprint density at radius 1 is 1.15 bits per heavy atom. The Labute approximate surface area is 125 Å². The first-order valence-corrected chi connectivity index (χ1v) is 8.29. The second kappa shape index (κ2) is 8.30. The van der Waals surface area contributed by atoms with Gasteiger partial charge in [0.05, 0.1) is 6.61 Å². The van der Waals surface area contributed by atoms with Crippen molar-refractivity contribution < 1.29 is 4.74 Å². The minimum Gasteiger partial charge on any atom is -0.384 e. The van der Waals surface area contributed by atoms with Gasteiger partial charge in [0.25, 0.3) is 0 Å². The normalized spacial score (nSPS) is 12.7. The molecular weight excluding hydrogens is 266 g/mol. The van der Waals surface area contributed by atoms with Crippen molar-refractivity contribution in [2.75, 3.05) is 31.8 Å². The highest BCUT2D eigenvalue weighted by atomic mass is 32.2. The second-order valence-corrected chi connectivity index (χ2v) is 5.93. The van der Waals surface area contributed by atoms with Crippen LogP contribution in [0, 0.1) is 0 Å². The lowest BCUT2D eigenvalue weighted by Crippen LogP contribution is -2.23. The summed E-state index contributed by atoms with van der Waals surface area (Å²) in [7, 11) is 1.76. The zero-order chi connectivity index (χ0) is 14.2. The summed E-state index contributed by atoms with van der Waals surface area (Å²) < 4.78 is 5.11. The molecule has 0 spiro atoms. The number of hydrogen-bond donors (Lipinski definition) is 1. The van der Waals surface area contributed by atoms with Gasteiger partial charge in [-0.3, -0.25) is 0 Å². The van der Waals surface area contributed by atoms with Crippen LogP contribution in [0.15, 0.2) is 42.5 Å². The van der Waals surface area contributed by atoms with Crippen LogP contribution in [0.5, 0.6) is 0 Å². The lowest BCUT2D eigenvalue weighted by molar-refractivity contribution is 0.218. The van der Waals surface area contributed by atoms with Gasteiger partial charge in [0.2, 0.25) is 0 Å². The number of benzene rings is 2. The summed E-state index contributed by atoms with van der Waals surface area (Å²) in [4.78, 5) is 0. The molecule has 20 heavy (non-hydrogen) atoms. The topological polar surface area (TPSA) is 21.3 Å². The first-order chi connectivity index (χ1) is 9.85. The van der Waals surface area contributed by atoms with Gasteiger partial charge in [0.1, 0.15) is 0 Å². The van der Waals surface area contributed by atoms with E-state index in [0.717, 1.165) is 24.7 Å². The number of nitrogens with one attached hydrogen (secondary N) is 1. The van der Waals surface area contributed by atoms with Crippen LogP contribution < -0.4 is 5.32 Å². The Morgan fingerprint density at radius 3 is 2.70 bits per heavy atom. The van der Waals surface area contributed by atoms with Crippen LogP contribution in [0.25, 0.3) is 10.8 Å². The van der Waals surface area contributed by atoms with E-state index in [9.17, 15) is 0 Å². The predicted octanol–water partition coefficient (Wildman–Crippen LogP) is 3.87. The van der Waals surface area contributed by atoms with E-state index in [-0.39, 0.29) is 0 Å². The number of fused-ring (bicyclic) bond motifs is 1. The maximum absolute atomic E-state index is 5.11. The molecule has 0 saturated carbocycles. The van der Waals surface area contributed by atoms with E-state index in [2.05, 4.69) is 54.7 Å². The molecular formula is C17H23NOS. The van der Waals surface area contributed by atoms with Crippen LogP contribution in [0.2, 0.25) is 0 Å². The fraction of sp³-hybridized carbons (Fsp3) is 0.412. The number of thioether (sulfide) groups is 1. The monoisotopic (exact) mass is 289 g/mol. The number of rotatable bonds is 8. The maximum Gasteiger partial charge on any atom is 0.0552 e. The summed E-state index contributed by atoms with van der Waals surface area (Å²) in [5, 5.41) is 6.20. The van der Waals surface area contributed by atoms with Gasteiger partial charge in [0, 0.05) is 24.7 Å². The third kappa shape index (κ3) is 4.23. The van der Waals surface area contributed by atoms with E-state index in [4.69, 9.17) is 4.74 Å². The molecule has 0 aliphatic heterocycles. The molecule has 0 saturated heterocycles. The zero-order valence-electron chi connectivity index (χ0n) is 12.3. The molecule has 2 aromatic rings. The molecule has 0 aliphatic carbocycles. The SMILES string of the molecule is CCNC(CSCCOC)c1ccc2ccccc2c1. The van der Waals surface area contributed by atoms with Gasteiger partial charge in [0.15, 0.2) is 0 Å². The minimum atomic E-state index is 0.409. The Balaban J connectivity index is 2.09. The molecule has 3 heteroatoms. The molecule has 0 heterocycles. The molecule has 0 aliphatic rings. The molecule has 0 fully saturated rings. The highest BCUT2D eigenvalue weighted by Crippen LogP contribution is 2.23. The van der Waals surface area contributed by atoms with E-state index in [1.807, 2.05) is 11.8 Å². The van der Waals surface area contributed by atoms with E-state index in [0.29, 0.717) is 6.04 Å². The van der Waals surface area contributed by atoms with Gasteiger partial charge in [-0.25, -0.2) is 0 Å². The summed E-state index contributed by atoms with van der Waals surface area (Å²) in [6, 6.07) is 15.7. The van der Waals surface area contributed by atoms with Crippen LogP contribution in [-0.2, 0) is 4.74 Å². The van der Waals surface area contributed by atoms with E-state index in [1.165, 1.54) is 16.3 Å². The molecule has 1 atom stereocenters. The summed E-state index contributed by atoms with van der Waals surface area (Å²) in [6.45, 7) is 3.97. The Bertz CT molecular complexity index is 529. The third-order valence-corrected chi connectivity index (χ3v) is 4.37. The quantitative estimate of drug-likeness (QED) is 0.745. The smallest absolute Gasteiger partial charge is 0.0552 e. The minimum absolute atomic E-state index is 0.409. The molecule has 108 valence electrons. The number of ether oxygens (including phenoxy) is 1.